The van der Waals surface area contributed by atoms with Crippen LogP contribution in [0.1, 0.15) is 42.1 Å². The Morgan fingerprint density at radius 1 is 1.00 bits per heavy atom. The zero-order valence-corrected chi connectivity index (χ0v) is 13.8. The number of hydrogen-bond donors (Lipinski definition) is 0. The van der Waals surface area contributed by atoms with Gasteiger partial charge in [-0.05, 0) is 43.7 Å². The van der Waals surface area contributed by atoms with E-state index >= 15 is 0 Å². The smallest absolute Gasteiger partial charge is 0.100 e. The third-order valence-corrected chi connectivity index (χ3v) is 5.46. The molecule has 3 atom stereocenters. The molecule has 2 heterocycles. The molecule has 2 saturated heterocycles. The van der Waals surface area contributed by atoms with E-state index in [1.165, 1.54) is 42.4 Å². The molecule has 2 heteroatoms. The topological polar surface area (TPSA) is 12.5 Å². The molecular formula is C21H25NO. The maximum Gasteiger partial charge on any atom is 0.100 e. The lowest BCUT2D eigenvalue weighted by Crippen LogP contribution is -2.33. The lowest BCUT2D eigenvalue weighted by atomic mass is 10.00. The molecule has 0 amide bonds. The number of rotatable bonds is 4. The predicted molar refractivity (Wildman–Crippen MR) is 93.3 cm³/mol. The van der Waals surface area contributed by atoms with E-state index < -0.39 is 0 Å². The monoisotopic (exact) mass is 307 g/mol. The van der Waals surface area contributed by atoms with Gasteiger partial charge in [-0.25, -0.2) is 0 Å². The van der Waals surface area contributed by atoms with E-state index in [-0.39, 0.29) is 6.10 Å². The van der Waals surface area contributed by atoms with Gasteiger partial charge in [0.25, 0.3) is 0 Å². The number of nitrogens with zero attached hydrogens (tertiary/aromatic N) is 1. The summed E-state index contributed by atoms with van der Waals surface area (Å²) in [5.41, 5.74) is 4.11. The van der Waals surface area contributed by atoms with Crippen molar-refractivity contribution in [3.05, 3.63) is 71.3 Å². The Balaban J connectivity index is 1.40. The van der Waals surface area contributed by atoms with Gasteiger partial charge in [-0.15, -0.1) is 0 Å². The van der Waals surface area contributed by atoms with Crippen molar-refractivity contribution >= 4 is 0 Å². The zero-order valence-electron chi connectivity index (χ0n) is 13.8. The molecule has 0 bridgehead atoms. The van der Waals surface area contributed by atoms with Crippen LogP contribution in [-0.4, -0.2) is 23.7 Å². The van der Waals surface area contributed by atoms with Crippen LogP contribution in [0.3, 0.4) is 0 Å². The fourth-order valence-electron chi connectivity index (χ4n) is 4.13. The Hall–Kier alpha value is -1.64. The Morgan fingerprint density at radius 2 is 1.78 bits per heavy atom. The van der Waals surface area contributed by atoms with Crippen LogP contribution in [0, 0.1) is 6.92 Å². The summed E-state index contributed by atoms with van der Waals surface area (Å²) < 4.78 is 6.15. The molecule has 2 aromatic rings. The zero-order chi connectivity index (χ0) is 15.6. The number of ether oxygens (including phenoxy) is 1. The molecule has 0 N–H and O–H groups in total. The van der Waals surface area contributed by atoms with E-state index in [1.807, 2.05) is 0 Å². The molecule has 0 radical (unpaired) electrons. The average molecular weight is 307 g/mol. The minimum atomic E-state index is 0.261. The van der Waals surface area contributed by atoms with Crippen molar-refractivity contribution in [2.45, 2.75) is 50.8 Å². The average Bonchev–Trinajstić information content (AvgIpc) is 3.17. The first kappa shape index (κ1) is 14.9. The third-order valence-electron chi connectivity index (χ3n) is 5.46. The number of fused-ring (bicyclic) bond motifs is 1. The highest BCUT2D eigenvalue weighted by Gasteiger charge is 2.43. The molecule has 2 nitrogen and oxygen atoms in total. The van der Waals surface area contributed by atoms with Gasteiger partial charge in [-0.3, -0.25) is 4.90 Å². The van der Waals surface area contributed by atoms with Crippen LogP contribution in [-0.2, 0) is 11.2 Å². The minimum absolute atomic E-state index is 0.261. The molecule has 120 valence electrons. The van der Waals surface area contributed by atoms with E-state index in [9.17, 15) is 0 Å². The van der Waals surface area contributed by atoms with Gasteiger partial charge < -0.3 is 4.74 Å². The molecule has 2 aromatic carbocycles. The van der Waals surface area contributed by atoms with Gasteiger partial charge in [0.15, 0.2) is 0 Å². The summed E-state index contributed by atoms with van der Waals surface area (Å²) in [6, 6.07) is 21.0. The first-order chi connectivity index (χ1) is 11.3. The second kappa shape index (κ2) is 6.46. The Kier molecular flexibility index (Phi) is 4.19. The lowest BCUT2D eigenvalue weighted by Gasteiger charge is -2.23. The summed E-state index contributed by atoms with van der Waals surface area (Å²) in [6.07, 6.45) is 5.24. The number of hydrogen-bond acceptors (Lipinski definition) is 2. The summed E-state index contributed by atoms with van der Waals surface area (Å²) in [7, 11) is 0. The molecule has 2 aliphatic heterocycles. The molecule has 2 aliphatic rings. The van der Waals surface area contributed by atoms with Crippen LogP contribution in [0.15, 0.2) is 54.6 Å². The summed E-state index contributed by atoms with van der Waals surface area (Å²) in [4.78, 5) is 2.60. The molecular weight excluding hydrogens is 282 g/mol. The molecule has 0 unspecified atom stereocenters. The summed E-state index contributed by atoms with van der Waals surface area (Å²) in [6.45, 7) is 2.93. The largest absolute Gasteiger partial charge is 0.356 e. The fraction of sp³-hybridized carbons (Fsp3) is 0.429. The maximum atomic E-state index is 6.15. The molecule has 0 aromatic heterocycles. The SMILES string of the molecule is Cc1ccc([C@H]2OCN3[C@H](CCc4ccccc4)CC[C@@H]23)cc1. The normalized spacial score (nSPS) is 27.3. The maximum absolute atomic E-state index is 6.15. The van der Waals surface area contributed by atoms with Crippen LogP contribution in [0.4, 0.5) is 0 Å². The van der Waals surface area contributed by atoms with Crippen molar-refractivity contribution < 1.29 is 4.74 Å². The molecule has 2 fully saturated rings. The second-order valence-electron chi connectivity index (χ2n) is 6.96. The second-order valence-corrected chi connectivity index (χ2v) is 6.96. The summed E-state index contributed by atoms with van der Waals surface area (Å²) in [5, 5.41) is 0. The fourth-order valence-corrected chi connectivity index (χ4v) is 4.13. The van der Waals surface area contributed by atoms with Crippen LogP contribution in [0.5, 0.6) is 0 Å². The lowest BCUT2D eigenvalue weighted by molar-refractivity contribution is 0.0735. The standard InChI is InChI=1S/C21H25NO/c1-16-7-10-18(11-8-16)21-20-14-13-19(22(20)15-23-21)12-9-17-5-3-2-4-6-17/h2-8,10-11,19-21H,9,12-15H2,1H3/t19-,20+,21-/m1/s1. The quantitative estimate of drug-likeness (QED) is 0.825. The molecule has 0 aliphatic carbocycles. The first-order valence-corrected chi connectivity index (χ1v) is 8.79. The van der Waals surface area contributed by atoms with Gasteiger partial charge in [0.1, 0.15) is 6.73 Å². The van der Waals surface area contributed by atoms with Crippen molar-refractivity contribution in [2.24, 2.45) is 0 Å². The highest BCUT2D eigenvalue weighted by molar-refractivity contribution is 5.25. The Bertz CT molecular complexity index is 637. The first-order valence-electron chi connectivity index (χ1n) is 8.79. The van der Waals surface area contributed by atoms with Crippen molar-refractivity contribution in [1.82, 2.24) is 4.90 Å². The van der Waals surface area contributed by atoms with Gasteiger partial charge in [-0.1, -0.05) is 60.2 Å². The van der Waals surface area contributed by atoms with Crippen molar-refractivity contribution in [3.8, 4) is 0 Å². The van der Waals surface area contributed by atoms with Crippen molar-refractivity contribution in [3.63, 3.8) is 0 Å². The third kappa shape index (κ3) is 3.06. The van der Waals surface area contributed by atoms with Crippen LogP contribution in [0.25, 0.3) is 0 Å². The molecule has 0 spiro atoms. The van der Waals surface area contributed by atoms with Gasteiger partial charge in [0.05, 0.1) is 6.10 Å². The molecule has 4 rings (SSSR count). The van der Waals surface area contributed by atoms with Gasteiger partial charge in [0.2, 0.25) is 0 Å². The molecule has 0 saturated carbocycles. The van der Waals surface area contributed by atoms with E-state index in [4.69, 9.17) is 4.74 Å². The van der Waals surface area contributed by atoms with Gasteiger partial charge in [-0.2, -0.15) is 0 Å². The number of benzene rings is 2. The van der Waals surface area contributed by atoms with E-state index in [1.54, 1.807) is 0 Å². The Labute approximate surface area is 139 Å². The minimum Gasteiger partial charge on any atom is -0.356 e. The molecule has 23 heavy (non-hydrogen) atoms. The summed E-state index contributed by atoms with van der Waals surface area (Å²) in [5.74, 6) is 0. The van der Waals surface area contributed by atoms with Crippen molar-refractivity contribution in [2.75, 3.05) is 6.73 Å². The van der Waals surface area contributed by atoms with E-state index in [0.717, 1.165) is 6.73 Å². The van der Waals surface area contributed by atoms with E-state index in [0.29, 0.717) is 12.1 Å². The summed E-state index contributed by atoms with van der Waals surface area (Å²) >= 11 is 0. The van der Waals surface area contributed by atoms with Crippen LogP contribution < -0.4 is 0 Å². The highest BCUT2D eigenvalue weighted by atomic mass is 16.5. The highest BCUT2D eigenvalue weighted by Crippen LogP contribution is 2.41. The predicted octanol–water partition coefficient (Wildman–Crippen LogP) is 4.49. The van der Waals surface area contributed by atoms with Crippen LogP contribution >= 0.6 is 0 Å². The van der Waals surface area contributed by atoms with Crippen LogP contribution in [0.2, 0.25) is 0 Å². The van der Waals surface area contributed by atoms with Crippen molar-refractivity contribution in [1.29, 1.82) is 0 Å². The van der Waals surface area contributed by atoms with Gasteiger partial charge >= 0.3 is 0 Å². The van der Waals surface area contributed by atoms with E-state index in [2.05, 4.69) is 66.4 Å². The van der Waals surface area contributed by atoms with Gasteiger partial charge in [0, 0.05) is 12.1 Å². The Morgan fingerprint density at radius 3 is 2.57 bits per heavy atom. The number of aryl methyl sites for hydroxylation is 2.